The van der Waals surface area contributed by atoms with Crippen LogP contribution >= 0.6 is 0 Å². The highest BCUT2D eigenvalue weighted by atomic mass is 16.5. The van der Waals surface area contributed by atoms with Gasteiger partial charge in [-0.2, -0.15) is 0 Å². The van der Waals surface area contributed by atoms with E-state index in [1.165, 1.54) is 0 Å². The van der Waals surface area contributed by atoms with E-state index in [4.69, 9.17) is 14.0 Å². The van der Waals surface area contributed by atoms with Crippen molar-refractivity contribution in [1.82, 2.24) is 15.0 Å². The summed E-state index contributed by atoms with van der Waals surface area (Å²) in [6.07, 6.45) is 4.29. The zero-order chi connectivity index (χ0) is 18.1. The summed E-state index contributed by atoms with van der Waals surface area (Å²) in [7, 11) is 0. The van der Waals surface area contributed by atoms with Crippen LogP contribution < -0.4 is 0 Å². The largest absolute Gasteiger partial charge is 0.376 e. The first kappa shape index (κ1) is 17.4. The Kier molecular flexibility index (Phi) is 4.91. The minimum atomic E-state index is -0.0298. The van der Waals surface area contributed by atoms with Gasteiger partial charge in [-0.05, 0) is 45.6 Å². The first-order valence-electron chi connectivity index (χ1n) is 9.38. The van der Waals surface area contributed by atoms with E-state index >= 15 is 0 Å². The predicted octanol–water partition coefficient (Wildman–Crippen LogP) is 2.64. The van der Waals surface area contributed by atoms with Crippen molar-refractivity contribution in [2.45, 2.75) is 51.7 Å². The molecule has 2 atom stereocenters. The summed E-state index contributed by atoms with van der Waals surface area (Å²) in [5, 5.41) is 4.69. The molecule has 0 saturated carbocycles. The van der Waals surface area contributed by atoms with E-state index in [1.807, 2.05) is 24.8 Å². The van der Waals surface area contributed by atoms with Crippen LogP contribution in [0.25, 0.3) is 11.1 Å². The highest BCUT2D eigenvalue weighted by Gasteiger charge is 2.29. The molecule has 2 aromatic rings. The summed E-state index contributed by atoms with van der Waals surface area (Å²) in [6.45, 7) is 6.42. The van der Waals surface area contributed by atoms with Crippen molar-refractivity contribution in [3.05, 3.63) is 23.0 Å². The molecular formula is C19H25N3O4. The van der Waals surface area contributed by atoms with Crippen LogP contribution in [0.5, 0.6) is 0 Å². The number of fused-ring (bicyclic) bond motifs is 1. The second-order valence-corrected chi connectivity index (χ2v) is 7.24. The molecule has 0 bridgehead atoms. The van der Waals surface area contributed by atoms with E-state index in [1.54, 1.807) is 0 Å². The van der Waals surface area contributed by atoms with Gasteiger partial charge in [0, 0.05) is 32.0 Å². The van der Waals surface area contributed by atoms with Gasteiger partial charge < -0.3 is 18.9 Å². The van der Waals surface area contributed by atoms with Crippen LogP contribution in [0.4, 0.5) is 0 Å². The van der Waals surface area contributed by atoms with Crippen LogP contribution in [0.2, 0.25) is 0 Å². The maximum absolute atomic E-state index is 13.5. The monoisotopic (exact) mass is 359 g/mol. The molecule has 7 nitrogen and oxygen atoms in total. The SMILES string of the molecule is Cc1cc(C(=O)N(C[C@H]2CCCO2)C[C@@H]2CCCO2)c2c(C)noc2n1. The molecule has 1 amide bonds. The molecule has 2 fully saturated rings. The lowest BCUT2D eigenvalue weighted by Crippen LogP contribution is -2.42. The van der Waals surface area contributed by atoms with E-state index < -0.39 is 0 Å². The van der Waals surface area contributed by atoms with E-state index in [2.05, 4.69) is 10.1 Å². The summed E-state index contributed by atoms with van der Waals surface area (Å²) < 4.78 is 16.8. The number of carbonyl (C=O) groups excluding carboxylic acids is 1. The predicted molar refractivity (Wildman–Crippen MR) is 95.1 cm³/mol. The molecule has 0 aliphatic carbocycles. The Balaban J connectivity index is 1.65. The Bertz CT molecular complexity index is 773. The Hall–Kier alpha value is -1.99. The highest BCUT2D eigenvalue weighted by molar-refractivity contribution is 6.06. The molecule has 0 spiro atoms. The van der Waals surface area contributed by atoms with Gasteiger partial charge in [-0.3, -0.25) is 4.79 Å². The summed E-state index contributed by atoms with van der Waals surface area (Å²) >= 11 is 0. The third kappa shape index (κ3) is 3.46. The Morgan fingerprint density at radius 2 is 1.81 bits per heavy atom. The van der Waals surface area contributed by atoms with Crippen molar-refractivity contribution in [2.75, 3.05) is 26.3 Å². The van der Waals surface area contributed by atoms with E-state index in [9.17, 15) is 4.79 Å². The summed E-state index contributed by atoms with van der Waals surface area (Å²) in [5.74, 6) is -0.0298. The smallest absolute Gasteiger partial charge is 0.258 e. The van der Waals surface area contributed by atoms with Gasteiger partial charge in [0.1, 0.15) is 0 Å². The second-order valence-electron chi connectivity index (χ2n) is 7.24. The van der Waals surface area contributed by atoms with Crippen molar-refractivity contribution in [3.8, 4) is 0 Å². The summed E-state index contributed by atoms with van der Waals surface area (Å²) in [4.78, 5) is 19.7. The fraction of sp³-hybridized carbons (Fsp3) is 0.632. The molecule has 2 aromatic heterocycles. The van der Waals surface area contributed by atoms with Crippen LogP contribution in [-0.4, -0.2) is 59.5 Å². The summed E-state index contributed by atoms with van der Waals surface area (Å²) in [5.41, 5.74) is 2.44. The van der Waals surface area contributed by atoms with Crippen LogP contribution in [-0.2, 0) is 9.47 Å². The maximum atomic E-state index is 13.5. The number of carbonyl (C=O) groups is 1. The molecule has 140 valence electrons. The van der Waals surface area contributed by atoms with Gasteiger partial charge in [-0.25, -0.2) is 4.98 Å². The fourth-order valence-corrected chi connectivity index (χ4v) is 3.87. The molecule has 0 unspecified atom stereocenters. The summed E-state index contributed by atoms with van der Waals surface area (Å²) in [6, 6.07) is 1.83. The Morgan fingerprint density at radius 1 is 1.15 bits per heavy atom. The van der Waals surface area contributed by atoms with Gasteiger partial charge in [-0.1, -0.05) is 5.16 Å². The van der Waals surface area contributed by atoms with Gasteiger partial charge in [0.15, 0.2) is 0 Å². The molecule has 2 saturated heterocycles. The van der Waals surface area contributed by atoms with Crippen LogP contribution in [0.15, 0.2) is 10.6 Å². The van der Waals surface area contributed by atoms with Crippen LogP contribution in [0.1, 0.15) is 47.4 Å². The number of amides is 1. The quantitative estimate of drug-likeness (QED) is 0.817. The number of pyridine rings is 1. The number of rotatable bonds is 5. The van der Waals surface area contributed by atoms with Gasteiger partial charge in [-0.15, -0.1) is 0 Å². The minimum absolute atomic E-state index is 0.0298. The van der Waals surface area contributed by atoms with E-state index in [-0.39, 0.29) is 18.1 Å². The average Bonchev–Trinajstić information content (AvgIpc) is 3.36. The van der Waals surface area contributed by atoms with Crippen LogP contribution in [0, 0.1) is 13.8 Å². The first-order valence-corrected chi connectivity index (χ1v) is 9.38. The number of aryl methyl sites for hydroxylation is 2. The van der Waals surface area contributed by atoms with Gasteiger partial charge >= 0.3 is 0 Å². The lowest BCUT2D eigenvalue weighted by atomic mass is 10.1. The minimum Gasteiger partial charge on any atom is -0.376 e. The van der Waals surface area contributed by atoms with Gasteiger partial charge in [0.05, 0.1) is 28.9 Å². The van der Waals surface area contributed by atoms with Crippen molar-refractivity contribution in [1.29, 1.82) is 0 Å². The molecule has 2 aliphatic heterocycles. The maximum Gasteiger partial charge on any atom is 0.258 e. The topological polar surface area (TPSA) is 77.7 Å². The molecule has 0 radical (unpaired) electrons. The zero-order valence-corrected chi connectivity index (χ0v) is 15.4. The number of nitrogens with zero attached hydrogens (tertiary/aromatic N) is 3. The standard InChI is InChI=1S/C19H25N3O4/c1-12-9-16(17-13(2)21-26-18(17)20-12)19(23)22(10-14-5-3-7-24-14)11-15-6-4-8-25-15/h9,14-15H,3-8,10-11H2,1-2H3/t14-,15+. The molecule has 4 heterocycles. The molecular weight excluding hydrogens is 334 g/mol. The number of hydrogen-bond acceptors (Lipinski definition) is 6. The first-order chi connectivity index (χ1) is 12.6. The highest BCUT2D eigenvalue weighted by Crippen LogP contribution is 2.25. The average molecular weight is 359 g/mol. The molecule has 0 aromatic carbocycles. The molecule has 4 rings (SSSR count). The normalized spacial score (nSPS) is 23.0. The Labute approximate surface area is 152 Å². The van der Waals surface area contributed by atoms with Crippen molar-refractivity contribution in [2.24, 2.45) is 0 Å². The van der Waals surface area contributed by atoms with E-state index in [0.717, 1.165) is 44.6 Å². The number of hydrogen-bond donors (Lipinski definition) is 0. The van der Waals surface area contributed by atoms with Gasteiger partial charge in [0.2, 0.25) is 0 Å². The van der Waals surface area contributed by atoms with E-state index in [0.29, 0.717) is 35.4 Å². The van der Waals surface area contributed by atoms with Crippen molar-refractivity contribution >= 4 is 17.0 Å². The second kappa shape index (κ2) is 7.32. The molecule has 0 N–H and O–H groups in total. The zero-order valence-electron chi connectivity index (χ0n) is 15.4. The molecule has 26 heavy (non-hydrogen) atoms. The lowest BCUT2D eigenvalue weighted by molar-refractivity contribution is 0.0308. The molecule has 2 aliphatic rings. The third-order valence-corrected chi connectivity index (χ3v) is 5.16. The molecule has 7 heteroatoms. The Morgan fingerprint density at radius 3 is 2.38 bits per heavy atom. The third-order valence-electron chi connectivity index (χ3n) is 5.16. The fourth-order valence-electron chi connectivity index (χ4n) is 3.87. The number of ether oxygens (including phenoxy) is 2. The van der Waals surface area contributed by atoms with Gasteiger partial charge in [0.25, 0.3) is 11.6 Å². The van der Waals surface area contributed by atoms with Crippen molar-refractivity contribution < 1.29 is 18.8 Å². The lowest BCUT2D eigenvalue weighted by Gasteiger charge is -2.28. The van der Waals surface area contributed by atoms with Crippen LogP contribution in [0.3, 0.4) is 0 Å². The van der Waals surface area contributed by atoms with Crippen molar-refractivity contribution in [3.63, 3.8) is 0 Å². The number of aromatic nitrogens is 2.